The normalized spacial score (nSPS) is 14.7. The summed E-state index contributed by atoms with van der Waals surface area (Å²) < 4.78 is 4.95. The largest absolute Gasteiger partial charge is 0.472 e. The van der Waals surface area contributed by atoms with Crippen LogP contribution in [0.15, 0.2) is 40.5 Å². The quantitative estimate of drug-likeness (QED) is 0.711. The number of furan rings is 1. The lowest BCUT2D eigenvalue weighted by Gasteiger charge is -2.32. The Balaban J connectivity index is 1.30. The number of piperidine rings is 1. The highest BCUT2D eigenvalue weighted by Crippen LogP contribution is 2.14. The van der Waals surface area contributed by atoms with Gasteiger partial charge >= 0.3 is 0 Å². The van der Waals surface area contributed by atoms with E-state index in [2.05, 4.69) is 10.6 Å². The van der Waals surface area contributed by atoms with Gasteiger partial charge in [-0.3, -0.25) is 14.4 Å². The Labute approximate surface area is 161 Å². The van der Waals surface area contributed by atoms with Crippen LogP contribution in [0.5, 0.6) is 0 Å². The molecule has 0 spiro atoms. The van der Waals surface area contributed by atoms with Gasteiger partial charge in [-0.15, -0.1) is 11.3 Å². The maximum atomic E-state index is 12.2. The van der Waals surface area contributed by atoms with Gasteiger partial charge in [0.1, 0.15) is 6.26 Å². The Morgan fingerprint density at radius 3 is 2.70 bits per heavy atom. The second-order valence-electron chi connectivity index (χ2n) is 6.48. The Morgan fingerprint density at radius 1 is 1.22 bits per heavy atom. The van der Waals surface area contributed by atoms with Crippen LogP contribution in [0, 0.1) is 0 Å². The van der Waals surface area contributed by atoms with Gasteiger partial charge in [0, 0.05) is 32.1 Å². The third-order valence-corrected chi connectivity index (χ3v) is 5.40. The van der Waals surface area contributed by atoms with Gasteiger partial charge in [-0.25, -0.2) is 0 Å². The summed E-state index contributed by atoms with van der Waals surface area (Å²) in [7, 11) is 0. The number of rotatable bonds is 7. The second kappa shape index (κ2) is 9.36. The number of amides is 3. The Morgan fingerprint density at radius 2 is 2.04 bits per heavy atom. The van der Waals surface area contributed by atoms with E-state index >= 15 is 0 Å². The summed E-state index contributed by atoms with van der Waals surface area (Å²) >= 11 is 1.40. The molecule has 0 radical (unpaired) electrons. The van der Waals surface area contributed by atoms with E-state index in [-0.39, 0.29) is 23.8 Å². The smallest absolute Gasteiger partial charge is 0.261 e. The molecule has 2 aromatic heterocycles. The second-order valence-corrected chi connectivity index (χ2v) is 7.43. The summed E-state index contributed by atoms with van der Waals surface area (Å²) in [6, 6.07) is 5.36. The molecule has 3 heterocycles. The number of hydrogen-bond donors (Lipinski definition) is 2. The third-order valence-electron chi connectivity index (χ3n) is 4.53. The van der Waals surface area contributed by atoms with Crippen LogP contribution in [-0.2, 0) is 4.79 Å². The van der Waals surface area contributed by atoms with E-state index in [9.17, 15) is 14.4 Å². The number of carbonyl (C=O) groups is 3. The van der Waals surface area contributed by atoms with E-state index in [0.717, 1.165) is 12.8 Å². The van der Waals surface area contributed by atoms with Crippen LogP contribution in [0.1, 0.15) is 45.7 Å². The summed E-state index contributed by atoms with van der Waals surface area (Å²) in [5.41, 5.74) is 0.557. The van der Waals surface area contributed by atoms with Crippen LogP contribution in [0.2, 0.25) is 0 Å². The zero-order valence-corrected chi connectivity index (χ0v) is 15.8. The average molecular weight is 389 g/mol. The van der Waals surface area contributed by atoms with E-state index in [1.165, 1.54) is 23.9 Å². The fourth-order valence-electron chi connectivity index (χ4n) is 3.04. The highest BCUT2D eigenvalue weighted by Gasteiger charge is 2.24. The molecule has 1 aliphatic rings. The van der Waals surface area contributed by atoms with Crippen LogP contribution in [-0.4, -0.2) is 48.3 Å². The molecule has 2 N–H and O–H groups in total. The zero-order valence-electron chi connectivity index (χ0n) is 15.0. The summed E-state index contributed by atoms with van der Waals surface area (Å²) in [6.07, 6.45) is 5.39. The SMILES string of the molecule is O=C(CCCNC(=O)c1cccs1)NC1CCN(C(=O)c2ccoc2)CC1. The molecule has 8 heteroatoms. The first kappa shape index (κ1) is 19.2. The number of carbonyl (C=O) groups excluding carboxylic acids is 3. The van der Waals surface area contributed by atoms with Gasteiger partial charge in [-0.05, 0) is 36.8 Å². The summed E-state index contributed by atoms with van der Waals surface area (Å²) in [5.74, 6) is -0.143. The monoisotopic (exact) mass is 389 g/mol. The third kappa shape index (κ3) is 5.43. The molecule has 7 nitrogen and oxygen atoms in total. The van der Waals surface area contributed by atoms with Gasteiger partial charge in [-0.1, -0.05) is 6.07 Å². The molecule has 0 aromatic carbocycles. The van der Waals surface area contributed by atoms with Gasteiger partial charge in [0.05, 0.1) is 16.7 Å². The molecule has 0 bridgehead atoms. The van der Waals surface area contributed by atoms with Crippen molar-refractivity contribution in [1.82, 2.24) is 15.5 Å². The minimum atomic E-state index is -0.0972. The van der Waals surface area contributed by atoms with Crippen molar-refractivity contribution in [3.63, 3.8) is 0 Å². The van der Waals surface area contributed by atoms with Gasteiger partial charge in [-0.2, -0.15) is 0 Å². The van der Waals surface area contributed by atoms with Crippen LogP contribution >= 0.6 is 11.3 Å². The summed E-state index contributed by atoms with van der Waals surface area (Å²) in [6.45, 7) is 1.71. The van der Waals surface area contributed by atoms with Crippen molar-refractivity contribution in [3.8, 4) is 0 Å². The van der Waals surface area contributed by atoms with Crippen molar-refractivity contribution in [3.05, 3.63) is 46.5 Å². The van der Waals surface area contributed by atoms with Crippen molar-refractivity contribution in [1.29, 1.82) is 0 Å². The molecule has 3 amide bonds. The average Bonchev–Trinajstić information content (AvgIpc) is 3.39. The van der Waals surface area contributed by atoms with Crippen LogP contribution < -0.4 is 10.6 Å². The molecule has 144 valence electrons. The van der Waals surface area contributed by atoms with E-state index < -0.39 is 0 Å². The fourth-order valence-corrected chi connectivity index (χ4v) is 3.68. The summed E-state index contributed by atoms with van der Waals surface area (Å²) in [4.78, 5) is 38.6. The van der Waals surface area contributed by atoms with E-state index in [0.29, 0.717) is 42.9 Å². The number of hydrogen-bond acceptors (Lipinski definition) is 5. The lowest BCUT2D eigenvalue weighted by molar-refractivity contribution is -0.122. The summed E-state index contributed by atoms with van der Waals surface area (Å²) in [5, 5.41) is 7.70. The van der Waals surface area contributed by atoms with Crippen molar-refractivity contribution < 1.29 is 18.8 Å². The molecule has 27 heavy (non-hydrogen) atoms. The van der Waals surface area contributed by atoms with Crippen LogP contribution in [0.4, 0.5) is 0 Å². The van der Waals surface area contributed by atoms with Crippen LogP contribution in [0.3, 0.4) is 0 Å². The Hall–Kier alpha value is -2.61. The highest BCUT2D eigenvalue weighted by atomic mass is 32.1. The van der Waals surface area contributed by atoms with Crippen molar-refractivity contribution in [2.24, 2.45) is 0 Å². The Kier molecular flexibility index (Phi) is 6.64. The molecule has 0 saturated carbocycles. The predicted molar refractivity (Wildman–Crippen MR) is 102 cm³/mol. The molecule has 1 aliphatic heterocycles. The fraction of sp³-hybridized carbons (Fsp3) is 0.421. The van der Waals surface area contributed by atoms with Crippen molar-refractivity contribution in [2.45, 2.75) is 31.7 Å². The van der Waals surface area contributed by atoms with Gasteiger partial charge in [0.15, 0.2) is 0 Å². The highest BCUT2D eigenvalue weighted by molar-refractivity contribution is 7.12. The molecule has 0 atom stereocenters. The van der Waals surface area contributed by atoms with E-state index in [4.69, 9.17) is 4.42 Å². The molecular weight excluding hydrogens is 366 g/mol. The first-order chi connectivity index (χ1) is 13.1. The van der Waals surface area contributed by atoms with Gasteiger partial charge in [0.25, 0.3) is 11.8 Å². The molecule has 0 aliphatic carbocycles. The number of thiophene rings is 1. The zero-order chi connectivity index (χ0) is 19.1. The predicted octanol–water partition coefficient (Wildman–Crippen LogP) is 2.27. The van der Waals surface area contributed by atoms with Crippen LogP contribution in [0.25, 0.3) is 0 Å². The number of nitrogens with zero attached hydrogens (tertiary/aromatic N) is 1. The molecular formula is C19H23N3O4S. The molecule has 0 unspecified atom stereocenters. The Bertz CT molecular complexity index is 750. The molecule has 1 saturated heterocycles. The van der Waals surface area contributed by atoms with Crippen molar-refractivity contribution >= 4 is 29.1 Å². The van der Waals surface area contributed by atoms with Gasteiger partial charge < -0.3 is 20.0 Å². The number of likely N-dealkylation sites (tertiary alicyclic amines) is 1. The van der Waals surface area contributed by atoms with E-state index in [1.54, 1.807) is 17.0 Å². The minimum absolute atomic E-state index is 0.0139. The first-order valence-electron chi connectivity index (χ1n) is 9.06. The molecule has 3 rings (SSSR count). The molecule has 2 aromatic rings. The van der Waals surface area contributed by atoms with Crippen molar-refractivity contribution in [2.75, 3.05) is 19.6 Å². The molecule has 1 fully saturated rings. The number of nitrogens with one attached hydrogen (secondary N) is 2. The standard InChI is InChI=1S/C19H23N3O4S/c23-17(4-1-8-20-18(24)16-3-2-12-27-16)21-15-5-9-22(10-6-15)19(25)14-7-11-26-13-14/h2-3,7,11-13,15H,1,4-6,8-10H2,(H,20,24)(H,21,23). The maximum Gasteiger partial charge on any atom is 0.261 e. The van der Waals surface area contributed by atoms with E-state index in [1.807, 2.05) is 11.4 Å². The topological polar surface area (TPSA) is 91.7 Å². The minimum Gasteiger partial charge on any atom is -0.472 e. The first-order valence-corrected chi connectivity index (χ1v) is 9.94. The lowest BCUT2D eigenvalue weighted by atomic mass is 10.0. The maximum absolute atomic E-state index is 12.2. The lowest BCUT2D eigenvalue weighted by Crippen LogP contribution is -2.46. The van der Waals surface area contributed by atoms with Gasteiger partial charge in [0.2, 0.25) is 5.91 Å².